The van der Waals surface area contributed by atoms with Gasteiger partial charge < -0.3 is 15.1 Å². The number of likely N-dealkylation sites (tertiary alicyclic amines) is 2. The van der Waals surface area contributed by atoms with Gasteiger partial charge >= 0.3 is 0 Å². The lowest BCUT2D eigenvalue weighted by molar-refractivity contribution is 0.277. The van der Waals surface area contributed by atoms with E-state index in [-0.39, 0.29) is 0 Å². The molecular formula is C13H29N3. The third-order valence-corrected chi connectivity index (χ3v) is 3.26. The van der Waals surface area contributed by atoms with E-state index in [0.29, 0.717) is 5.41 Å². The van der Waals surface area contributed by atoms with Gasteiger partial charge in [-0.3, -0.25) is 0 Å². The molecule has 0 atom stereocenters. The molecule has 2 heterocycles. The van der Waals surface area contributed by atoms with Crippen LogP contribution in [0, 0.1) is 5.41 Å². The maximum atomic E-state index is 3.00. The smallest absolute Gasteiger partial charge is 0.00481 e. The molecule has 1 spiro atoms. The van der Waals surface area contributed by atoms with Crippen LogP contribution < -0.4 is 5.32 Å². The fourth-order valence-corrected chi connectivity index (χ4v) is 2.65. The van der Waals surface area contributed by atoms with Crippen LogP contribution in [0.3, 0.4) is 0 Å². The maximum Gasteiger partial charge on any atom is 0.00481 e. The van der Waals surface area contributed by atoms with E-state index in [9.17, 15) is 0 Å². The van der Waals surface area contributed by atoms with Crippen molar-refractivity contribution in [1.82, 2.24) is 15.1 Å². The Labute approximate surface area is 101 Å². The summed E-state index contributed by atoms with van der Waals surface area (Å²) in [5, 5.41) is 2.75. The SMILES string of the molecule is C=C.CN1CCC2(CCN(C)C2)C1.CNC. The molecule has 2 aliphatic heterocycles. The van der Waals surface area contributed by atoms with E-state index in [0.717, 1.165) is 0 Å². The van der Waals surface area contributed by atoms with Crippen molar-refractivity contribution < 1.29 is 0 Å². The van der Waals surface area contributed by atoms with Gasteiger partial charge in [-0.05, 0) is 59.5 Å². The van der Waals surface area contributed by atoms with Gasteiger partial charge in [0.15, 0.2) is 0 Å². The van der Waals surface area contributed by atoms with Crippen molar-refractivity contribution in [3.63, 3.8) is 0 Å². The minimum absolute atomic E-state index is 0.684. The summed E-state index contributed by atoms with van der Waals surface area (Å²) >= 11 is 0. The minimum atomic E-state index is 0.684. The van der Waals surface area contributed by atoms with Gasteiger partial charge in [0.2, 0.25) is 0 Å². The molecule has 0 aromatic carbocycles. The van der Waals surface area contributed by atoms with Crippen LogP contribution in [0.25, 0.3) is 0 Å². The lowest BCUT2D eigenvalue weighted by Gasteiger charge is -2.22. The van der Waals surface area contributed by atoms with Crippen LogP contribution in [0.2, 0.25) is 0 Å². The van der Waals surface area contributed by atoms with Gasteiger partial charge in [0.25, 0.3) is 0 Å². The Morgan fingerprint density at radius 2 is 1.25 bits per heavy atom. The first-order chi connectivity index (χ1) is 7.62. The van der Waals surface area contributed by atoms with E-state index in [1.54, 1.807) is 0 Å². The Bertz CT molecular complexity index is 164. The van der Waals surface area contributed by atoms with Crippen LogP contribution in [-0.4, -0.2) is 64.2 Å². The van der Waals surface area contributed by atoms with Crippen molar-refractivity contribution >= 4 is 0 Å². The van der Waals surface area contributed by atoms with Crippen LogP contribution in [0.4, 0.5) is 0 Å². The fraction of sp³-hybridized carbons (Fsp3) is 0.846. The second-order valence-electron chi connectivity index (χ2n) is 4.98. The quantitative estimate of drug-likeness (QED) is 0.629. The van der Waals surface area contributed by atoms with E-state index in [1.807, 2.05) is 14.1 Å². The highest BCUT2D eigenvalue weighted by Crippen LogP contribution is 2.37. The van der Waals surface area contributed by atoms with Gasteiger partial charge in [-0.15, -0.1) is 13.2 Å². The normalized spacial score (nSPS) is 23.5. The fourth-order valence-electron chi connectivity index (χ4n) is 2.65. The molecule has 0 aliphatic carbocycles. The van der Waals surface area contributed by atoms with E-state index >= 15 is 0 Å². The third-order valence-electron chi connectivity index (χ3n) is 3.26. The summed E-state index contributed by atoms with van der Waals surface area (Å²) in [6.07, 6.45) is 2.85. The lowest BCUT2D eigenvalue weighted by atomic mass is 9.86. The first-order valence-electron chi connectivity index (χ1n) is 6.07. The summed E-state index contributed by atoms with van der Waals surface area (Å²) in [5.74, 6) is 0. The molecule has 0 saturated carbocycles. The number of hydrogen-bond donors (Lipinski definition) is 1. The molecule has 3 nitrogen and oxygen atoms in total. The topological polar surface area (TPSA) is 18.5 Å². The van der Waals surface area contributed by atoms with Crippen LogP contribution in [-0.2, 0) is 0 Å². The highest BCUT2D eigenvalue weighted by Gasteiger charge is 2.40. The van der Waals surface area contributed by atoms with Crippen molar-refractivity contribution in [2.75, 3.05) is 54.4 Å². The molecule has 2 rings (SSSR count). The summed E-state index contributed by atoms with van der Waals surface area (Å²) < 4.78 is 0. The van der Waals surface area contributed by atoms with Crippen LogP contribution >= 0.6 is 0 Å². The molecule has 0 radical (unpaired) electrons. The molecule has 96 valence electrons. The molecule has 2 aliphatic rings. The predicted molar refractivity (Wildman–Crippen MR) is 72.9 cm³/mol. The Hall–Kier alpha value is -0.380. The molecule has 2 fully saturated rings. The maximum absolute atomic E-state index is 3.00. The van der Waals surface area contributed by atoms with Crippen LogP contribution in [0.1, 0.15) is 12.8 Å². The summed E-state index contributed by atoms with van der Waals surface area (Å²) in [6, 6.07) is 0. The van der Waals surface area contributed by atoms with Crippen molar-refractivity contribution in [2.24, 2.45) is 5.41 Å². The highest BCUT2D eigenvalue weighted by atomic mass is 15.2. The summed E-state index contributed by atoms with van der Waals surface area (Å²) in [7, 11) is 8.24. The first-order valence-corrected chi connectivity index (χ1v) is 6.07. The number of hydrogen-bond acceptors (Lipinski definition) is 3. The van der Waals surface area contributed by atoms with Crippen LogP contribution in [0.5, 0.6) is 0 Å². The second kappa shape index (κ2) is 7.82. The predicted octanol–water partition coefficient (Wildman–Crippen LogP) is 1.28. The second-order valence-corrected chi connectivity index (χ2v) is 4.98. The number of rotatable bonds is 0. The van der Waals surface area contributed by atoms with Gasteiger partial charge in [-0.25, -0.2) is 0 Å². The molecular weight excluding hydrogens is 198 g/mol. The third kappa shape index (κ3) is 4.64. The number of nitrogens with zero attached hydrogens (tertiary/aromatic N) is 2. The molecule has 0 aromatic heterocycles. The zero-order valence-corrected chi connectivity index (χ0v) is 11.6. The standard InChI is InChI=1S/C9H18N2.C2H7N.C2H4/c1-10-5-3-9(7-10)4-6-11(2)8-9;1-3-2;1-2/h3-8H2,1-2H3;3H,1-2H3;1-2H2. The molecule has 1 N–H and O–H groups in total. The highest BCUT2D eigenvalue weighted by molar-refractivity contribution is 4.95. The van der Waals surface area contributed by atoms with Crippen LogP contribution in [0.15, 0.2) is 13.2 Å². The van der Waals surface area contributed by atoms with E-state index in [2.05, 4.69) is 42.4 Å². The number of nitrogens with one attached hydrogen (secondary N) is 1. The summed E-state index contributed by atoms with van der Waals surface area (Å²) in [6.45, 7) is 11.3. The molecule has 0 unspecified atom stereocenters. The van der Waals surface area contributed by atoms with Crippen molar-refractivity contribution in [3.05, 3.63) is 13.2 Å². The van der Waals surface area contributed by atoms with E-state index < -0.39 is 0 Å². The molecule has 16 heavy (non-hydrogen) atoms. The van der Waals surface area contributed by atoms with Gasteiger partial charge in [-0.2, -0.15) is 0 Å². The molecule has 2 saturated heterocycles. The average Bonchev–Trinajstić information content (AvgIpc) is 2.79. The largest absolute Gasteiger partial charge is 0.323 e. The Kier molecular flexibility index (Phi) is 7.64. The van der Waals surface area contributed by atoms with Crippen molar-refractivity contribution in [2.45, 2.75) is 12.8 Å². The Morgan fingerprint density at radius 1 is 0.938 bits per heavy atom. The Balaban J connectivity index is 0.000000394. The summed E-state index contributed by atoms with van der Waals surface area (Å²) in [4.78, 5) is 4.94. The molecule has 0 amide bonds. The van der Waals surface area contributed by atoms with Crippen molar-refractivity contribution in [1.29, 1.82) is 0 Å². The first kappa shape index (κ1) is 15.6. The monoisotopic (exact) mass is 227 g/mol. The van der Waals surface area contributed by atoms with Gasteiger partial charge in [0.05, 0.1) is 0 Å². The molecule has 3 heteroatoms. The zero-order valence-electron chi connectivity index (χ0n) is 11.6. The zero-order chi connectivity index (χ0) is 12.6. The van der Waals surface area contributed by atoms with Gasteiger partial charge in [-0.1, -0.05) is 0 Å². The molecule has 0 aromatic rings. The van der Waals surface area contributed by atoms with E-state index in [4.69, 9.17) is 0 Å². The van der Waals surface area contributed by atoms with Gasteiger partial charge in [0.1, 0.15) is 0 Å². The lowest BCUT2D eigenvalue weighted by Crippen LogP contribution is -2.27. The Morgan fingerprint density at radius 3 is 1.44 bits per heavy atom. The average molecular weight is 227 g/mol. The minimum Gasteiger partial charge on any atom is -0.323 e. The van der Waals surface area contributed by atoms with Gasteiger partial charge in [0, 0.05) is 13.1 Å². The summed E-state index contributed by atoms with van der Waals surface area (Å²) in [5.41, 5.74) is 0.684. The molecule has 0 bridgehead atoms. The van der Waals surface area contributed by atoms with Crippen molar-refractivity contribution in [3.8, 4) is 0 Å². The van der Waals surface area contributed by atoms with E-state index in [1.165, 1.54) is 39.0 Å².